The SMILES string of the molecule is COCC(=O)N(CCC(=O)O)c1ccc(F)cc1F. The molecule has 0 aliphatic heterocycles. The first-order valence-electron chi connectivity index (χ1n) is 5.42. The Hall–Kier alpha value is -2.02. The second kappa shape index (κ2) is 6.79. The lowest BCUT2D eigenvalue weighted by atomic mass is 10.2. The van der Waals surface area contributed by atoms with Gasteiger partial charge in [0.25, 0.3) is 5.91 Å². The van der Waals surface area contributed by atoms with Crippen molar-refractivity contribution in [3.63, 3.8) is 0 Å². The number of hydrogen-bond acceptors (Lipinski definition) is 3. The number of halogens is 2. The van der Waals surface area contributed by atoms with Crippen LogP contribution in [0.3, 0.4) is 0 Å². The third-order valence-corrected chi connectivity index (χ3v) is 2.32. The maximum absolute atomic E-state index is 13.6. The topological polar surface area (TPSA) is 66.8 Å². The molecule has 0 saturated heterocycles. The summed E-state index contributed by atoms with van der Waals surface area (Å²) >= 11 is 0. The summed E-state index contributed by atoms with van der Waals surface area (Å²) in [5.41, 5.74) is -0.176. The maximum atomic E-state index is 13.6. The van der Waals surface area contributed by atoms with Crippen LogP contribution in [0, 0.1) is 11.6 Å². The van der Waals surface area contributed by atoms with E-state index in [1.54, 1.807) is 0 Å². The molecule has 1 aromatic carbocycles. The molecule has 0 bridgehead atoms. The van der Waals surface area contributed by atoms with E-state index in [-0.39, 0.29) is 25.3 Å². The molecule has 7 heteroatoms. The summed E-state index contributed by atoms with van der Waals surface area (Å²) in [7, 11) is 1.29. The second-order valence-corrected chi connectivity index (χ2v) is 3.72. The lowest BCUT2D eigenvalue weighted by molar-refractivity contribution is -0.136. The van der Waals surface area contributed by atoms with Crippen molar-refractivity contribution < 1.29 is 28.2 Å². The lowest BCUT2D eigenvalue weighted by Gasteiger charge is -2.22. The van der Waals surface area contributed by atoms with Crippen molar-refractivity contribution in [3.05, 3.63) is 29.8 Å². The summed E-state index contributed by atoms with van der Waals surface area (Å²) in [6, 6.07) is 2.70. The number of carbonyl (C=O) groups excluding carboxylic acids is 1. The average molecular weight is 273 g/mol. The number of methoxy groups -OCH3 is 1. The molecule has 0 saturated carbocycles. The van der Waals surface area contributed by atoms with Gasteiger partial charge in [0.1, 0.15) is 18.2 Å². The number of aliphatic carboxylic acids is 1. The van der Waals surface area contributed by atoms with Crippen LogP contribution in [-0.4, -0.2) is 37.2 Å². The molecular weight excluding hydrogens is 260 g/mol. The number of rotatable bonds is 6. The van der Waals surface area contributed by atoms with Crippen LogP contribution >= 0.6 is 0 Å². The number of carbonyl (C=O) groups is 2. The van der Waals surface area contributed by atoms with Gasteiger partial charge < -0.3 is 14.7 Å². The van der Waals surface area contributed by atoms with E-state index >= 15 is 0 Å². The van der Waals surface area contributed by atoms with Gasteiger partial charge in [-0.2, -0.15) is 0 Å². The van der Waals surface area contributed by atoms with Crippen molar-refractivity contribution in [1.82, 2.24) is 0 Å². The first-order chi connectivity index (χ1) is 8.95. The van der Waals surface area contributed by atoms with Crippen LogP contribution in [0.4, 0.5) is 14.5 Å². The Balaban J connectivity index is 3.00. The van der Waals surface area contributed by atoms with Crippen molar-refractivity contribution in [2.75, 3.05) is 25.2 Å². The van der Waals surface area contributed by atoms with E-state index in [4.69, 9.17) is 5.11 Å². The minimum absolute atomic E-state index is 0.176. The molecule has 0 unspecified atom stereocenters. The van der Waals surface area contributed by atoms with Crippen LogP contribution in [0.5, 0.6) is 0 Å². The van der Waals surface area contributed by atoms with E-state index in [2.05, 4.69) is 4.74 Å². The van der Waals surface area contributed by atoms with Crippen molar-refractivity contribution in [2.24, 2.45) is 0 Å². The molecule has 0 radical (unpaired) electrons. The molecule has 0 aromatic heterocycles. The fourth-order valence-electron chi connectivity index (χ4n) is 1.49. The average Bonchev–Trinajstić information content (AvgIpc) is 2.31. The number of carboxylic acids is 1. The number of anilines is 1. The lowest BCUT2D eigenvalue weighted by Crippen LogP contribution is -2.36. The highest BCUT2D eigenvalue weighted by atomic mass is 19.1. The molecule has 0 aliphatic rings. The molecular formula is C12H13F2NO4. The number of hydrogen-bond donors (Lipinski definition) is 1. The molecule has 5 nitrogen and oxygen atoms in total. The van der Waals surface area contributed by atoms with Gasteiger partial charge in [0, 0.05) is 19.7 Å². The molecule has 0 fully saturated rings. The van der Waals surface area contributed by atoms with Gasteiger partial charge >= 0.3 is 5.97 Å². The highest BCUT2D eigenvalue weighted by Gasteiger charge is 2.20. The Kier molecular flexibility index (Phi) is 5.37. The summed E-state index contributed by atoms with van der Waals surface area (Å²) in [6.07, 6.45) is -0.355. The van der Waals surface area contributed by atoms with Crippen LogP contribution in [0.2, 0.25) is 0 Å². The van der Waals surface area contributed by atoms with Gasteiger partial charge in [-0.3, -0.25) is 9.59 Å². The number of amides is 1. The second-order valence-electron chi connectivity index (χ2n) is 3.72. The first-order valence-corrected chi connectivity index (χ1v) is 5.42. The van der Waals surface area contributed by atoms with E-state index in [0.717, 1.165) is 17.0 Å². The molecule has 1 aromatic rings. The standard InChI is InChI=1S/C12H13F2NO4/c1-19-7-11(16)15(5-4-12(17)18)10-3-2-8(13)6-9(10)14/h2-3,6H,4-5,7H2,1H3,(H,17,18). The smallest absolute Gasteiger partial charge is 0.305 e. The van der Waals surface area contributed by atoms with Gasteiger partial charge in [-0.1, -0.05) is 0 Å². The fourth-order valence-corrected chi connectivity index (χ4v) is 1.49. The van der Waals surface area contributed by atoms with Gasteiger partial charge in [0.2, 0.25) is 0 Å². The Morgan fingerprint density at radius 3 is 2.58 bits per heavy atom. The molecule has 0 aliphatic carbocycles. The zero-order valence-electron chi connectivity index (χ0n) is 10.2. The summed E-state index contributed by atoms with van der Waals surface area (Å²) in [6.45, 7) is -0.545. The van der Waals surface area contributed by atoms with Gasteiger partial charge in [0.05, 0.1) is 12.1 Å². The number of nitrogens with zero attached hydrogens (tertiary/aromatic N) is 1. The zero-order chi connectivity index (χ0) is 14.4. The molecule has 19 heavy (non-hydrogen) atoms. The molecule has 1 N–H and O–H groups in total. The van der Waals surface area contributed by atoms with E-state index in [0.29, 0.717) is 6.07 Å². The molecule has 0 atom stereocenters. The highest BCUT2D eigenvalue weighted by Crippen LogP contribution is 2.20. The first kappa shape index (κ1) is 15.0. The van der Waals surface area contributed by atoms with E-state index in [1.807, 2.05) is 0 Å². The predicted octanol–water partition coefficient (Wildman–Crippen LogP) is 1.42. The number of carboxylic acid groups (broad SMARTS) is 1. The third-order valence-electron chi connectivity index (χ3n) is 2.32. The predicted molar refractivity (Wildman–Crippen MR) is 62.8 cm³/mol. The third kappa shape index (κ3) is 4.29. The van der Waals surface area contributed by atoms with Crippen LogP contribution in [0.25, 0.3) is 0 Å². The van der Waals surface area contributed by atoms with E-state index < -0.39 is 23.5 Å². The molecule has 0 spiro atoms. The minimum Gasteiger partial charge on any atom is -0.481 e. The van der Waals surface area contributed by atoms with Gasteiger partial charge in [0.15, 0.2) is 0 Å². The summed E-state index contributed by atoms with van der Waals surface area (Å²) in [4.78, 5) is 23.2. The molecule has 1 rings (SSSR count). The molecule has 1 amide bonds. The van der Waals surface area contributed by atoms with Gasteiger partial charge in [-0.05, 0) is 12.1 Å². The van der Waals surface area contributed by atoms with E-state index in [1.165, 1.54) is 7.11 Å². The molecule has 0 heterocycles. The highest BCUT2D eigenvalue weighted by molar-refractivity contribution is 5.94. The molecule has 104 valence electrons. The number of benzene rings is 1. The van der Waals surface area contributed by atoms with Crippen molar-refractivity contribution >= 4 is 17.6 Å². The quantitative estimate of drug-likeness (QED) is 0.851. The summed E-state index contributed by atoms with van der Waals surface area (Å²) in [5.74, 6) is -3.44. The van der Waals surface area contributed by atoms with Crippen molar-refractivity contribution in [1.29, 1.82) is 0 Å². The van der Waals surface area contributed by atoms with Gasteiger partial charge in [-0.25, -0.2) is 8.78 Å². The normalized spacial score (nSPS) is 10.3. The van der Waals surface area contributed by atoms with Crippen LogP contribution < -0.4 is 4.90 Å². The minimum atomic E-state index is -1.13. The summed E-state index contributed by atoms with van der Waals surface area (Å²) in [5, 5.41) is 8.61. The largest absolute Gasteiger partial charge is 0.481 e. The Morgan fingerprint density at radius 1 is 1.37 bits per heavy atom. The van der Waals surface area contributed by atoms with Crippen molar-refractivity contribution in [2.45, 2.75) is 6.42 Å². The monoisotopic (exact) mass is 273 g/mol. The Bertz CT molecular complexity index is 479. The fraction of sp³-hybridized carbons (Fsp3) is 0.333. The van der Waals surface area contributed by atoms with Crippen molar-refractivity contribution in [3.8, 4) is 0 Å². The zero-order valence-corrected chi connectivity index (χ0v) is 10.2. The Labute approximate surface area is 108 Å². The number of ether oxygens (including phenoxy) is 1. The van der Waals surface area contributed by atoms with Crippen LogP contribution in [0.15, 0.2) is 18.2 Å². The van der Waals surface area contributed by atoms with E-state index in [9.17, 15) is 18.4 Å². The van der Waals surface area contributed by atoms with Crippen LogP contribution in [0.1, 0.15) is 6.42 Å². The maximum Gasteiger partial charge on any atom is 0.305 e. The Morgan fingerprint density at radius 2 is 2.05 bits per heavy atom. The van der Waals surface area contributed by atoms with Crippen LogP contribution in [-0.2, 0) is 14.3 Å². The van der Waals surface area contributed by atoms with Gasteiger partial charge in [-0.15, -0.1) is 0 Å². The summed E-state index contributed by atoms with van der Waals surface area (Å²) < 4.78 is 31.1.